The van der Waals surface area contributed by atoms with Gasteiger partial charge in [0, 0.05) is 32.2 Å². The van der Waals surface area contributed by atoms with E-state index < -0.39 is 0 Å². The van der Waals surface area contributed by atoms with Crippen LogP contribution >= 0.6 is 11.3 Å². The smallest absolute Gasteiger partial charge is 0.208 e. The minimum absolute atomic E-state index is 0.415. The van der Waals surface area contributed by atoms with Crippen LogP contribution in [-0.2, 0) is 9.47 Å². The molecular formula is C17H27N3O2S. The first-order chi connectivity index (χ1) is 11.3. The number of aryl methyl sites for hydroxylation is 1. The molecule has 2 saturated heterocycles. The fraction of sp³-hybridized carbons (Fsp3) is 0.882. The van der Waals surface area contributed by atoms with Gasteiger partial charge in [0.15, 0.2) is 0 Å². The highest BCUT2D eigenvalue weighted by Crippen LogP contribution is 2.45. The fourth-order valence-corrected chi connectivity index (χ4v) is 4.72. The molecule has 1 atom stereocenters. The van der Waals surface area contributed by atoms with Gasteiger partial charge < -0.3 is 14.4 Å². The van der Waals surface area contributed by atoms with E-state index in [2.05, 4.69) is 15.1 Å². The zero-order chi connectivity index (χ0) is 15.7. The molecule has 0 amide bonds. The number of aromatic nitrogens is 2. The van der Waals surface area contributed by atoms with E-state index in [9.17, 15) is 0 Å². The Bertz CT molecular complexity index is 524. The molecule has 1 saturated carbocycles. The fourth-order valence-electron chi connectivity index (χ4n) is 3.98. The molecular weight excluding hydrogens is 310 g/mol. The summed E-state index contributed by atoms with van der Waals surface area (Å²) in [5.41, 5.74) is 0.415. The highest BCUT2D eigenvalue weighted by atomic mass is 32.1. The van der Waals surface area contributed by atoms with Crippen LogP contribution in [-0.4, -0.2) is 49.7 Å². The minimum atomic E-state index is 0.415. The molecule has 0 aromatic carbocycles. The molecule has 0 unspecified atom stereocenters. The van der Waals surface area contributed by atoms with E-state index in [0.29, 0.717) is 11.3 Å². The van der Waals surface area contributed by atoms with Gasteiger partial charge in [-0.05, 0) is 50.4 Å². The van der Waals surface area contributed by atoms with Crippen LogP contribution in [0.3, 0.4) is 0 Å². The standard InChI is InChI=1S/C17H27N3O2S/c1-13-18-19-16(23-13)20-7-4-17(5-8-20)6-9-21-11-15(17)12-22-10-14-2-3-14/h14-15H,2-12H2,1H3/t15-/m1/s1. The molecule has 6 heteroatoms. The predicted octanol–water partition coefficient (Wildman–Crippen LogP) is 2.90. The van der Waals surface area contributed by atoms with Gasteiger partial charge in [-0.1, -0.05) is 11.3 Å². The lowest BCUT2D eigenvalue weighted by molar-refractivity contribution is -0.0871. The van der Waals surface area contributed by atoms with Gasteiger partial charge in [0.1, 0.15) is 5.01 Å². The first-order valence-corrected chi connectivity index (χ1v) is 9.77. The van der Waals surface area contributed by atoms with Crippen molar-refractivity contribution in [3.8, 4) is 0 Å². The highest BCUT2D eigenvalue weighted by molar-refractivity contribution is 7.15. The number of ether oxygens (including phenoxy) is 2. The Balaban J connectivity index is 1.35. The van der Waals surface area contributed by atoms with Crippen LogP contribution in [0, 0.1) is 24.2 Å². The van der Waals surface area contributed by atoms with E-state index in [-0.39, 0.29) is 0 Å². The Morgan fingerprint density at radius 2 is 2.04 bits per heavy atom. The maximum atomic E-state index is 6.03. The first-order valence-electron chi connectivity index (χ1n) is 8.96. The Kier molecular flexibility index (Phi) is 4.56. The van der Waals surface area contributed by atoms with Gasteiger partial charge in [0.05, 0.1) is 13.2 Å². The van der Waals surface area contributed by atoms with Gasteiger partial charge in [-0.3, -0.25) is 0 Å². The number of piperidine rings is 1. The van der Waals surface area contributed by atoms with Crippen LogP contribution in [0.2, 0.25) is 0 Å². The first kappa shape index (κ1) is 15.8. The molecule has 1 aromatic heterocycles. The molecule has 1 aromatic rings. The van der Waals surface area contributed by atoms with E-state index in [1.54, 1.807) is 11.3 Å². The molecule has 1 aliphatic carbocycles. The summed E-state index contributed by atoms with van der Waals surface area (Å²) < 4.78 is 11.8. The van der Waals surface area contributed by atoms with E-state index in [4.69, 9.17) is 9.47 Å². The van der Waals surface area contributed by atoms with Crippen molar-refractivity contribution >= 4 is 16.5 Å². The van der Waals surface area contributed by atoms with E-state index in [0.717, 1.165) is 55.6 Å². The summed E-state index contributed by atoms with van der Waals surface area (Å²) in [5.74, 6) is 1.41. The topological polar surface area (TPSA) is 47.5 Å². The van der Waals surface area contributed by atoms with Crippen LogP contribution in [0.1, 0.15) is 37.1 Å². The number of hydrogen-bond acceptors (Lipinski definition) is 6. The highest BCUT2D eigenvalue weighted by Gasteiger charge is 2.44. The molecule has 3 heterocycles. The average molecular weight is 337 g/mol. The Morgan fingerprint density at radius 1 is 1.22 bits per heavy atom. The van der Waals surface area contributed by atoms with Gasteiger partial charge in [-0.2, -0.15) is 0 Å². The van der Waals surface area contributed by atoms with Gasteiger partial charge in [-0.25, -0.2) is 0 Å². The van der Waals surface area contributed by atoms with E-state index >= 15 is 0 Å². The Morgan fingerprint density at radius 3 is 2.74 bits per heavy atom. The van der Waals surface area contributed by atoms with Crippen molar-refractivity contribution in [3.63, 3.8) is 0 Å². The molecule has 0 bridgehead atoms. The molecule has 4 rings (SSSR count). The second-order valence-electron chi connectivity index (χ2n) is 7.46. The molecule has 2 aliphatic heterocycles. The number of nitrogens with zero attached hydrogens (tertiary/aromatic N) is 3. The van der Waals surface area contributed by atoms with Crippen molar-refractivity contribution in [2.75, 3.05) is 44.4 Å². The second-order valence-corrected chi connectivity index (χ2v) is 8.62. The maximum absolute atomic E-state index is 6.03. The summed E-state index contributed by atoms with van der Waals surface area (Å²) in [6, 6.07) is 0. The normalized spacial score (nSPS) is 27.5. The van der Waals surface area contributed by atoms with Gasteiger partial charge in [0.2, 0.25) is 5.13 Å². The molecule has 5 nitrogen and oxygen atoms in total. The van der Waals surface area contributed by atoms with Gasteiger partial charge in [0.25, 0.3) is 0 Å². The zero-order valence-corrected chi connectivity index (χ0v) is 14.8. The number of hydrogen-bond donors (Lipinski definition) is 0. The van der Waals surface area contributed by atoms with Crippen molar-refractivity contribution in [2.24, 2.45) is 17.3 Å². The molecule has 3 aliphatic rings. The summed E-state index contributed by atoms with van der Waals surface area (Å²) >= 11 is 1.71. The monoisotopic (exact) mass is 337 g/mol. The average Bonchev–Trinajstić information content (AvgIpc) is 3.29. The summed E-state index contributed by atoms with van der Waals surface area (Å²) in [6.45, 7) is 7.84. The van der Waals surface area contributed by atoms with Crippen LogP contribution in [0.5, 0.6) is 0 Å². The zero-order valence-electron chi connectivity index (χ0n) is 14.0. The Labute approximate surface area is 142 Å². The van der Waals surface area contributed by atoms with Crippen LogP contribution in [0.4, 0.5) is 5.13 Å². The minimum Gasteiger partial charge on any atom is -0.381 e. The van der Waals surface area contributed by atoms with Crippen LogP contribution in [0.15, 0.2) is 0 Å². The maximum Gasteiger partial charge on any atom is 0.208 e. The molecule has 23 heavy (non-hydrogen) atoms. The van der Waals surface area contributed by atoms with Crippen molar-refractivity contribution in [3.05, 3.63) is 5.01 Å². The molecule has 0 N–H and O–H groups in total. The third kappa shape index (κ3) is 3.54. The molecule has 1 spiro atoms. The van der Waals surface area contributed by atoms with E-state index in [1.807, 2.05) is 6.92 Å². The van der Waals surface area contributed by atoms with Crippen molar-refractivity contribution in [1.29, 1.82) is 0 Å². The Hall–Kier alpha value is -0.720. The summed E-state index contributed by atoms with van der Waals surface area (Å²) in [7, 11) is 0. The number of rotatable bonds is 5. The quantitative estimate of drug-likeness (QED) is 0.827. The van der Waals surface area contributed by atoms with Crippen LogP contribution < -0.4 is 4.90 Å². The summed E-state index contributed by atoms with van der Waals surface area (Å²) in [5, 5.41) is 10.6. The lowest BCUT2D eigenvalue weighted by Crippen LogP contribution is -2.49. The van der Waals surface area contributed by atoms with Crippen LogP contribution in [0.25, 0.3) is 0 Å². The molecule has 0 radical (unpaired) electrons. The van der Waals surface area contributed by atoms with Gasteiger partial charge >= 0.3 is 0 Å². The lowest BCUT2D eigenvalue weighted by Gasteiger charge is -2.48. The third-order valence-electron chi connectivity index (χ3n) is 5.84. The second kappa shape index (κ2) is 6.65. The van der Waals surface area contributed by atoms with Crippen molar-refractivity contribution in [1.82, 2.24) is 10.2 Å². The van der Waals surface area contributed by atoms with Crippen molar-refractivity contribution in [2.45, 2.75) is 39.0 Å². The predicted molar refractivity (Wildman–Crippen MR) is 91.0 cm³/mol. The summed E-state index contributed by atoms with van der Waals surface area (Å²) in [6.07, 6.45) is 6.37. The van der Waals surface area contributed by atoms with Gasteiger partial charge in [-0.15, -0.1) is 10.2 Å². The molecule has 128 valence electrons. The SMILES string of the molecule is Cc1nnc(N2CCC3(CCOC[C@@H]3COCC3CC3)CC2)s1. The summed E-state index contributed by atoms with van der Waals surface area (Å²) in [4.78, 5) is 2.41. The third-order valence-corrected chi connectivity index (χ3v) is 6.74. The lowest BCUT2D eigenvalue weighted by atomic mass is 9.66. The van der Waals surface area contributed by atoms with Crippen molar-refractivity contribution < 1.29 is 9.47 Å². The largest absolute Gasteiger partial charge is 0.381 e. The molecule has 3 fully saturated rings. The number of anilines is 1. The van der Waals surface area contributed by atoms with E-state index in [1.165, 1.54) is 32.1 Å².